The minimum atomic E-state index is -1.44. The number of amides is 3. The first-order valence-electron chi connectivity index (χ1n) is 15.5. The second kappa shape index (κ2) is 10.8. The van der Waals surface area contributed by atoms with Crippen LogP contribution in [0.1, 0.15) is 29.7 Å². The molecule has 1 N–H and O–H groups in total. The smallest absolute Gasteiger partial charge is 0.253 e. The van der Waals surface area contributed by atoms with Gasteiger partial charge in [-0.1, -0.05) is 91.0 Å². The molecule has 7 rings (SSSR count). The second-order valence-corrected chi connectivity index (χ2v) is 12.6. The van der Waals surface area contributed by atoms with Crippen LogP contribution in [-0.4, -0.2) is 64.7 Å². The minimum Gasteiger partial charge on any atom is -0.394 e. The number of aliphatic hydroxyl groups excluding tert-OH is 1. The highest BCUT2D eigenvalue weighted by atomic mass is 16.5. The van der Waals surface area contributed by atoms with Crippen LogP contribution in [-0.2, 0) is 19.1 Å². The third-order valence-electron chi connectivity index (χ3n) is 9.97. The number of rotatable bonds is 5. The third kappa shape index (κ3) is 4.30. The van der Waals surface area contributed by atoms with Crippen LogP contribution < -0.4 is 9.80 Å². The van der Waals surface area contributed by atoms with E-state index in [2.05, 4.69) is 0 Å². The molecule has 8 heteroatoms. The number of para-hydroxylation sites is 2. The van der Waals surface area contributed by atoms with Crippen molar-refractivity contribution in [3.05, 3.63) is 120 Å². The Labute approximate surface area is 263 Å². The first kappa shape index (κ1) is 29.2. The SMILES string of the molecule is Cc1cccc(C)c1N1CC=C[C@]23O[C@]4(C)C=CCN(c5ccccc5)C(=O)[C@@H]4[C@H]2C(=O)N([C@H](CO)c2ccccc2)C3C1=O. The summed E-state index contributed by atoms with van der Waals surface area (Å²) in [6, 6.07) is 22.6. The third-order valence-corrected chi connectivity index (χ3v) is 9.97. The Morgan fingerprint density at radius 1 is 0.778 bits per heavy atom. The number of aryl methyl sites for hydroxylation is 2. The first-order chi connectivity index (χ1) is 21.7. The Morgan fingerprint density at radius 2 is 1.40 bits per heavy atom. The number of likely N-dealkylation sites (tertiary alicyclic amines) is 1. The molecular weight excluding hydrogens is 566 g/mol. The molecule has 2 saturated heterocycles. The zero-order valence-electron chi connectivity index (χ0n) is 25.7. The number of aliphatic hydroxyl groups is 1. The summed E-state index contributed by atoms with van der Waals surface area (Å²) in [5, 5.41) is 10.8. The van der Waals surface area contributed by atoms with Crippen LogP contribution in [0.4, 0.5) is 11.4 Å². The lowest BCUT2D eigenvalue weighted by Gasteiger charge is -2.40. The van der Waals surface area contributed by atoms with Crippen LogP contribution in [0, 0.1) is 25.7 Å². The van der Waals surface area contributed by atoms with E-state index in [1.165, 1.54) is 4.90 Å². The molecule has 0 saturated carbocycles. The molecule has 8 nitrogen and oxygen atoms in total. The van der Waals surface area contributed by atoms with Gasteiger partial charge in [0.05, 0.1) is 30.1 Å². The van der Waals surface area contributed by atoms with E-state index >= 15 is 4.79 Å². The van der Waals surface area contributed by atoms with Gasteiger partial charge in [-0.15, -0.1) is 0 Å². The number of hydrogen-bond acceptors (Lipinski definition) is 5. The Balaban J connectivity index is 1.42. The molecule has 0 aliphatic carbocycles. The largest absolute Gasteiger partial charge is 0.394 e. The fourth-order valence-corrected chi connectivity index (χ4v) is 8.10. The van der Waals surface area contributed by atoms with Gasteiger partial charge in [0.15, 0.2) is 0 Å². The molecule has 0 aromatic heterocycles. The van der Waals surface area contributed by atoms with E-state index in [9.17, 15) is 14.7 Å². The maximum absolute atomic E-state index is 15.0. The molecule has 3 aromatic rings. The molecule has 1 spiro atoms. The van der Waals surface area contributed by atoms with Gasteiger partial charge >= 0.3 is 0 Å². The van der Waals surface area contributed by atoms with Crippen molar-refractivity contribution in [2.45, 2.75) is 44.1 Å². The molecular formula is C37H37N3O5. The number of anilines is 2. The summed E-state index contributed by atoms with van der Waals surface area (Å²) in [6.07, 6.45) is 7.53. The highest BCUT2D eigenvalue weighted by Gasteiger charge is 2.75. The lowest BCUT2D eigenvalue weighted by Crippen LogP contribution is -2.57. The molecule has 4 heterocycles. The Kier molecular flexibility index (Phi) is 7.02. The summed E-state index contributed by atoms with van der Waals surface area (Å²) < 4.78 is 7.02. The monoisotopic (exact) mass is 603 g/mol. The Bertz CT molecular complexity index is 1700. The first-order valence-corrected chi connectivity index (χ1v) is 15.5. The van der Waals surface area contributed by atoms with Crippen molar-refractivity contribution in [1.29, 1.82) is 0 Å². The molecule has 3 aromatic carbocycles. The normalized spacial score (nSPS) is 29.7. The number of fused-ring (bicyclic) bond motifs is 2. The fourth-order valence-electron chi connectivity index (χ4n) is 8.10. The number of carbonyl (C=O) groups excluding carboxylic acids is 3. The highest BCUT2D eigenvalue weighted by Crippen LogP contribution is 2.59. The Morgan fingerprint density at radius 3 is 2.07 bits per heavy atom. The summed E-state index contributed by atoms with van der Waals surface area (Å²) >= 11 is 0. The van der Waals surface area contributed by atoms with Crippen molar-refractivity contribution in [2.75, 3.05) is 29.5 Å². The molecule has 230 valence electrons. The van der Waals surface area contributed by atoms with Gasteiger partial charge in [0.1, 0.15) is 11.6 Å². The van der Waals surface area contributed by atoms with Crippen LogP contribution in [0.2, 0.25) is 0 Å². The zero-order chi connectivity index (χ0) is 31.5. The van der Waals surface area contributed by atoms with Crippen LogP contribution in [0.3, 0.4) is 0 Å². The van der Waals surface area contributed by atoms with Crippen LogP contribution in [0.15, 0.2) is 103 Å². The lowest BCUT2D eigenvalue weighted by molar-refractivity contribution is -0.148. The van der Waals surface area contributed by atoms with Gasteiger partial charge in [-0.3, -0.25) is 14.4 Å². The van der Waals surface area contributed by atoms with Crippen molar-refractivity contribution >= 4 is 29.1 Å². The van der Waals surface area contributed by atoms with Crippen LogP contribution in [0.25, 0.3) is 0 Å². The maximum atomic E-state index is 15.0. The van der Waals surface area contributed by atoms with Gasteiger partial charge in [-0.05, 0) is 49.6 Å². The molecule has 4 aliphatic heterocycles. The summed E-state index contributed by atoms with van der Waals surface area (Å²) in [5.74, 6) is -2.82. The predicted molar refractivity (Wildman–Crippen MR) is 171 cm³/mol. The number of benzene rings is 3. The molecule has 3 amide bonds. The van der Waals surface area contributed by atoms with Gasteiger partial charge in [0.2, 0.25) is 11.8 Å². The van der Waals surface area contributed by atoms with Crippen molar-refractivity contribution in [1.82, 2.24) is 4.90 Å². The maximum Gasteiger partial charge on any atom is 0.253 e. The minimum absolute atomic E-state index is 0.235. The lowest BCUT2D eigenvalue weighted by atomic mass is 9.74. The van der Waals surface area contributed by atoms with Gasteiger partial charge < -0.3 is 24.5 Å². The average molecular weight is 604 g/mol. The van der Waals surface area contributed by atoms with E-state index < -0.39 is 41.7 Å². The van der Waals surface area contributed by atoms with Gasteiger partial charge in [0.25, 0.3) is 5.91 Å². The molecule has 2 fully saturated rings. The highest BCUT2D eigenvalue weighted by molar-refractivity contribution is 6.08. The van der Waals surface area contributed by atoms with Crippen molar-refractivity contribution < 1.29 is 24.2 Å². The summed E-state index contributed by atoms with van der Waals surface area (Å²) in [5.41, 5.74) is 1.48. The number of carbonyl (C=O) groups is 3. The molecule has 4 aliphatic rings. The van der Waals surface area contributed by atoms with E-state index in [0.717, 1.165) is 22.5 Å². The number of ether oxygens (including phenoxy) is 1. The zero-order valence-corrected chi connectivity index (χ0v) is 25.7. The predicted octanol–water partition coefficient (Wildman–Crippen LogP) is 4.51. The van der Waals surface area contributed by atoms with Gasteiger partial charge in [0, 0.05) is 24.5 Å². The van der Waals surface area contributed by atoms with E-state index in [0.29, 0.717) is 12.1 Å². The standard InChI is InChI=1S/C37H37N3O5/c1-24-13-10-14-25(2)31(24)39-22-12-20-37-30(34(43)40(32(37)35(39)44)28(23-41)26-15-6-4-7-16-26)29-33(42)38(27-17-8-5-9-18-27)21-11-19-36(29,3)45-37/h4-20,28-30,32,41H,21-23H2,1-3H3/t28-,29+,30+,32?,36-,37+/m1/s1. The van der Waals surface area contributed by atoms with Gasteiger partial charge in [-0.2, -0.15) is 0 Å². The topological polar surface area (TPSA) is 90.4 Å². The Hall–Kier alpha value is -4.53. The van der Waals surface area contributed by atoms with Gasteiger partial charge in [-0.25, -0.2) is 0 Å². The quantitative estimate of drug-likeness (QED) is 0.434. The number of nitrogens with zero attached hydrogens (tertiary/aromatic N) is 3. The molecule has 1 unspecified atom stereocenters. The molecule has 0 radical (unpaired) electrons. The molecule has 6 atom stereocenters. The van der Waals surface area contributed by atoms with Crippen LogP contribution in [0.5, 0.6) is 0 Å². The van der Waals surface area contributed by atoms with E-state index in [1.54, 1.807) is 9.80 Å². The van der Waals surface area contributed by atoms with Crippen LogP contribution >= 0.6 is 0 Å². The number of hydrogen-bond donors (Lipinski definition) is 1. The van der Waals surface area contributed by atoms with Crippen molar-refractivity contribution in [2.24, 2.45) is 11.8 Å². The molecule has 45 heavy (non-hydrogen) atoms. The summed E-state index contributed by atoms with van der Waals surface area (Å²) in [6.45, 7) is 5.98. The van der Waals surface area contributed by atoms with E-state index in [1.807, 2.05) is 124 Å². The molecule has 0 bridgehead atoms. The van der Waals surface area contributed by atoms with E-state index in [4.69, 9.17) is 4.74 Å². The summed E-state index contributed by atoms with van der Waals surface area (Å²) in [7, 11) is 0. The second-order valence-electron chi connectivity index (χ2n) is 12.6. The van der Waals surface area contributed by atoms with Crippen molar-refractivity contribution in [3.63, 3.8) is 0 Å². The van der Waals surface area contributed by atoms with E-state index in [-0.39, 0.29) is 24.3 Å². The average Bonchev–Trinajstić information content (AvgIpc) is 3.31. The summed E-state index contributed by atoms with van der Waals surface area (Å²) in [4.78, 5) is 49.6. The fraction of sp³-hybridized carbons (Fsp3) is 0.324. The van der Waals surface area contributed by atoms with Crippen molar-refractivity contribution in [3.8, 4) is 0 Å².